The molecule has 7 heteroatoms. The average Bonchev–Trinajstić information content (AvgIpc) is 2.74. The fourth-order valence-corrected chi connectivity index (χ4v) is 2.55. The van der Waals surface area contributed by atoms with Gasteiger partial charge in [-0.05, 0) is 29.3 Å². The summed E-state index contributed by atoms with van der Waals surface area (Å²) < 4.78 is 0. The number of carboxylic acids is 1. The molecule has 0 atom stereocenters. The zero-order valence-electron chi connectivity index (χ0n) is 15.8. The van der Waals surface area contributed by atoms with Crippen LogP contribution < -0.4 is 0 Å². The molecule has 0 heterocycles. The van der Waals surface area contributed by atoms with Crippen LogP contribution in [0, 0.1) is 0 Å². The van der Waals surface area contributed by atoms with Crippen molar-refractivity contribution in [1.29, 1.82) is 0 Å². The van der Waals surface area contributed by atoms with Crippen LogP contribution in [0.4, 0.5) is 11.4 Å². The van der Waals surface area contributed by atoms with Gasteiger partial charge in [0.05, 0.1) is 5.56 Å². The Bertz CT molecular complexity index is 979. The van der Waals surface area contributed by atoms with E-state index in [1.165, 1.54) is 12.1 Å². The van der Waals surface area contributed by atoms with Gasteiger partial charge < -0.3 is 26.0 Å². The fourth-order valence-electron chi connectivity index (χ4n) is 2.55. The third-order valence-corrected chi connectivity index (χ3v) is 4.05. The number of carbonyl (C=O) groups is 1. The van der Waals surface area contributed by atoms with Crippen LogP contribution in [0.25, 0.3) is 10.6 Å². The van der Waals surface area contributed by atoms with Gasteiger partial charge in [-0.3, -0.25) is 0 Å². The number of nitrogens with zero attached hydrogens (tertiary/aromatic N) is 2. The van der Waals surface area contributed by atoms with E-state index in [1.54, 1.807) is 48.5 Å². The minimum absolute atomic E-state index is 0.104. The SMILES string of the molecule is O=C(O)c1ccc([N-]Cc2ccccc2O)c([N-]Cc2ccccc2O)c1.[CH2]=[Zn]. The van der Waals surface area contributed by atoms with E-state index >= 15 is 0 Å². The first kappa shape index (κ1) is 22.1. The van der Waals surface area contributed by atoms with Gasteiger partial charge in [0.1, 0.15) is 11.5 Å². The Labute approximate surface area is 179 Å². The Morgan fingerprint density at radius 3 is 1.76 bits per heavy atom. The summed E-state index contributed by atoms with van der Waals surface area (Å²) in [6.07, 6.45) is 0. The molecule has 0 unspecified atom stereocenters. The number of carboxylic acid groups (broad SMARTS) is 1. The molecule has 3 N–H and O–H groups in total. The van der Waals surface area contributed by atoms with Gasteiger partial charge in [0.25, 0.3) is 0 Å². The quantitative estimate of drug-likeness (QED) is 0.439. The second kappa shape index (κ2) is 11.0. The zero-order valence-corrected chi connectivity index (χ0v) is 18.8. The number of para-hydroxylation sites is 2. The Kier molecular flexibility index (Phi) is 8.37. The van der Waals surface area contributed by atoms with Crippen LogP contribution in [0.2, 0.25) is 0 Å². The number of hydrogen-bond donors (Lipinski definition) is 3. The van der Waals surface area contributed by atoms with Gasteiger partial charge >= 0.3 is 28.9 Å². The van der Waals surface area contributed by atoms with Crippen molar-refractivity contribution in [2.45, 2.75) is 13.1 Å². The summed E-state index contributed by atoms with van der Waals surface area (Å²) in [5, 5.41) is 41.2. The maximum absolute atomic E-state index is 11.3. The van der Waals surface area contributed by atoms with Crippen molar-refractivity contribution in [3.8, 4) is 11.5 Å². The molecule has 0 aromatic heterocycles. The maximum atomic E-state index is 11.3. The fraction of sp³-hybridized carbons (Fsp3) is 0.0909. The Morgan fingerprint density at radius 1 is 0.793 bits per heavy atom. The number of aromatic carboxylic acids is 1. The van der Waals surface area contributed by atoms with Crippen molar-refractivity contribution in [1.82, 2.24) is 0 Å². The van der Waals surface area contributed by atoms with Gasteiger partial charge in [0, 0.05) is 0 Å². The Morgan fingerprint density at radius 2 is 1.28 bits per heavy atom. The van der Waals surface area contributed by atoms with Gasteiger partial charge in [-0.15, -0.1) is 13.1 Å². The molecule has 3 aromatic rings. The number of phenolic OH excluding ortho intramolecular Hbond substituents is 2. The molecule has 0 saturated carbocycles. The van der Waals surface area contributed by atoms with E-state index in [0.717, 1.165) is 17.9 Å². The van der Waals surface area contributed by atoms with Crippen molar-refractivity contribution < 1.29 is 38.0 Å². The molecule has 0 spiro atoms. The van der Waals surface area contributed by atoms with Crippen molar-refractivity contribution >= 4 is 22.5 Å². The molecule has 0 aliphatic rings. The van der Waals surface area contributed by atoms with E-state index in [2.05, 4.69) is 15.7 Å². The van der Waals surface area contributed by atoms with Crippen LogP contribution in [-0.2, 0) is 30.9 Å². The van der Waals surface area contributed by atoms with Crippen molar-refractivity contribution in [2.24, 2.45) is 0 Å². The molecule has 146 valence electrons. The molecule has 6 nitrogen and oxygen atoms in total. The number of aromatic hydroxyl groups is 2. The summed E-state index contributed by atoms with van der Waals surface area (Å²) in [4.78, 5) is 11.3. The summed E-state index contributed by atoms with van der Waals surface area (Å²) in [5.74, 6) is -0.777. The van der Waals surface area contributed by atoms with Gasteiger partial charge in [0.2, 0.25) is 0 Å². The van der Waals surface area contributed by atoms with Crippen molar-refractivity contribution in [3.63, 3.8) is 0 Å². The predicted molar refractivity (Wildman–Crippen MR) is 110 cm³/mol. The molecule has 0 radical (unpaired) electrons. The van der Waals surface area contributed by atoms with Gasteiger partial charge in [-0.1, -0.05) is 48.5 Å². The Hall–Kier alpha value is -3.18. The molecule has 0 amide bonds. The van der Waals surface area contributed by atoms with E-state index in [4.69, 9.17) is 0 Å². The number of phenols is 2. The van der Waals surface area contributed by atoms with Crippen LogP contribution in [0.15, 0.2) is 66.7 Å². The summed E-state index contributed by atoms with van der Waals surface area (Å²) in [6, 6.07) is 18.2. The van der Waals surface area contributed by atoms with Crippen molar-refractivity contribution in [2.75, 3.05) is 0 Å². The number of hydrogen-bond acceptors (Lipinski definition) is 3. The van der Waals surface area contributed by atoms with E-state index in [9.17, 15) is 20.1 Å². The van der Waals surface area contributed by atoms with E-state index in [0.29, 0.717) is 22.5 Å². The second-order valence-electron chi connectivity index (χ2n) is 5.90. The Balaban J connectivity index is 0.00000145. The minimum atomic E-state index is -1.05. The first-order valence-electron chi connectivity index (χ1n) is 8.80. The third kappa shape index (κ3) is 6.16. The van der Waals surface area contributed by atoms with Crippen LogP contribution >= 0.6 is 0 Å². The monoisotopic (exact) mass is 440 g/mol. The first-order chi connectivity index (χ1) is 14.0. The molecular formula is C22H20N2O4Zn-2. The summed E-state index contributed by atoms with van der Waals surface area (Å²) >= 11 is 1.12. The molecule has 0 aliphatic carbocycles. The number of rotatable bonds is 7. The normalized spacial score (nSPS) is 9.86. The van der Waals surface area contributed by atoms with Crippen LogP contribution in [0.3, 0.4) is 0 Å². The topological polar surface area (TPSA) is 106 Å². The molecule has 3 rings (SSSR count). The first-order valence-corrected chi connectivity index (χ1v) is 10.9. The van der Waals surface area contributed by atoms with Gasteiger partial charge in [-0.25, -0.2) is 4.79 Å². The molecule has 0 saturated heterocycles. The summed E-state index contributed by atoms with van der Waals surface area (Å²) in [5.41, 5.74) is 2.32. The van der Waals surface area contributed by atoms with Crippen LogP contribution in [0.5, 0.6) is 11.5 Å². The van der Waals surface area contributed by atoms with E-state index < -0.39 is 5.97 Å². The molecule has 0 aliphatic heterocycles. The summed E-state index contributed by atoms with van der Waals surface area (Å²) in [6.45, 7) is 0.424. The number of benzene rings is 3. The van der Waals surface area contributed by atoms with E-state index in [1.807, 2.05) is 6.07 Å². The van der Waals surface area contributed by atoms with Gasteiger partial charge in [-0.2, -0.15) is 11.4 Å². The zero-order chi connectivity index (χ0) is 21.2. The third-order valence-electron chi connectivity index (χ3n) is 4.05. The summed E-state index contributed by atoms with van der Waals surface area (Å²) in [7, 11) is 0. The molecular weight excluding hydrogens is 422 g/mol. The standard InChI is InChI=1S/C21H18N2O4.CH2.Zn/c24-19-7-3-1-5-15(19)12-22-17-10-9-14(21(26)27)11-18(17)23-13-16-6-2-4-8-20(16)25;;/h1-11,24-25H,12-13H2,(H,26,27);1H2;/q-2;;. The van der Waals surface area contributed by atoms with Gasteiger partial charge in [0.15, 0.2) is 0 Å². The molecule has 3 aromatic carbocycles. The predicted octanol–water partition coefficient (Wildman–Crippen LogP) is 5.17. The van der Waals surface area contributed by atoms with Crippen molar-refractivity contribution in [3.05, 3.63) is 94.1 Å². The van der Waals surface area contributed by atoms with Crippen LogP contribution in [0.1, 0.15) is 21.5 Å². The molecule has 29 heavy (non-hydrogen) atoms. The second-order valence-corrected chi connectivity index (χ2v) is 5.90. The molecule has 0 bridgehead atoms. The molecule has 0 fully saturated rings. The average molecular weight is 442 g/mol. The van der Waals surface area contributed by atoms with E-state index in [-0.39, 0.29) is 30.2 Å². The van der Waals surface area contributed by atoms with Crippen LogP contribution in [-0.4, -0.2) is 26.4 Å².